The lowest BCUT2D eigenvalue weighted by molar-refractivity contribution is -0.123. The van der Waals surface area contributed by atoms with E-state index < -0.39 is 0 Å². The number of piperidine rings is 1. The van der Waals surface area contributed by atoms with Crippen LogP contribution in [0.3, 0.4) is 0 Å². The highest BCUT2D eigenvalue weighted by atomic mass is 35.5. The maximum Gasteiger partial charge on any atom is 0.258 e. The Hall–Kier alpha value is -2.24. The number of nitrogens with zero attached hydrogens (tertiary/aromatic N) is 1. The van der Waals surface area contributed by atoms with Crippen molar-refractivity contribution in [1.82, 2.24) is 10.2 Å². The Bertz CT molecular complexity index is 808. The number of ether oxygens (including phenoxy) is 2. The molecule has 5 nitrogen and oxygen atoms in total. The van der Waals surface area contributed by atoms with Crippen molar-refractivity contribution in [2.45, 2.75) is 39.3 Å². The maximum atomic E-state index is 12.1. The van der Waals surface area contributed by atoms with Crippen molar-refractivity contribution in [2.24, 2.45) is 0 Å². The first-order valence-corrected chi connectivity index (χ1v) is 10.4. The molecule has 1 heterocycles. The SMILES string of the molecule is Cc1cc(OCC(=O)NCc2ccc(OC3CCN(C)CC3)cc2)cc(C)c1Cl. The van der Waals surface area contributed by atoms with Gasteiger partial charge in [0.05, 0.1) is 0 Å². The average Bonchev–Trinajstić information content (AvgIpc) is 2.71. The predicted octanol–water partition coefficient (Wildman–Crippen LogP) is 4.13. The van der Waals surface area contributed by atoms with E-state index in [1.165, 1.54) is 0 Å². The zero-order valence-electron chi connectivity index (χ0n) is 17.3. The summed E-state index contributed by atoms with van der Waals surface area (Å²) in [6, 6.07) is 11.6. The van der Waals surface area contributed by atoms with Gasteiger partial charge in [-0.2, -0.15) is 0 Å². The second-order valence-corrected chi connectivity index (χ2v) is 8.08. The Balaban J connectivity index is 1.42. The highest BCUT2D eigenvalue weighted by Gasteiger charge is 2.17. The molecule has 29 heavy (non-hydrogen) atoms. The normalized spacial score (nSPS) is 15.2. The average molecular weight is 417 g/mol. The van der Waals surface area contributed by atoms with Crippen LogP contribution in [0.25, 0.3) is 0 Å². The number of rotatable bonds is 7. The van der Waals surface area contributed by atoms with E-state index >= 15 is 0 Å². The fourth-order valence-electron chi connectivity index (χ4n) is 3.37. The first kappa shape index (κ1) is 21.5. The van der Waals surface area contributed by atoms with Gasteiger partial charge in [-0.3, -0.25) is 4.79 Å². The molecule has 2 aromatic carbocycles. The van der Waals surface area contributed by atoms with Crippen molar-refractivity contribution in [3.63, 3.8) is 0 Å². The fraction of sp³-hybridized carbons (Fsp3) is 0.435. The molecule has 0 aliphatic carbocycles. The van der Waals surface area contributed by atoms with Crippen LogP contribution in [0, 0.1) is 13.8 Å². The standard InChI is InChI=1S/C23H29ClN2O3/c1-16-12-21(13-17(2)23(16)24)28-15-22(27)25-14-18-4-6-19(7-5-18)29-20-8-10-26(3)11-9-20/h4-7,12-13,20H,8-11,14-15H2,1-3H3,(H,25,27). The van der Waals surface area contributed by atoms with E-state index in [-0.39, 0.29) is 18.6 Å². The summed E-state index contributed by atoms with van der Waals surface area (Å²) in [6.45, 7) is 6.41. The van der Waals surface area contributed by atoms with Crippen LogP contribution in [-0.2, 0) is 11.3 Å². The van der Waals surface area contributed by atoms with E-state index in [1.807, 2.05) is 50.2 Å². The predicted molar refractivity (Wildman–Crippen MR) is 116 cm³/mol. The molecule has 0 atom stereocenters. The molecule has 0 aromatic heterocycles. The summed E-state index contributed by atoms with van der Waals surface area (Å²) >= 11 is 6.16. The molecule has 1 saturated heterocycles. The molecule has 1 aliphatic rings. The summed E-state index contributed by atoms with van der Waals surface area (Å²) in [6.07, 6.45) is 2.40. The van der Waals surface area contributed by atoms with Gasteiger partial charge < -0.3 is 19.7 Å². The van der Waals surface area contributed by atoms with Gasteiger partial charge >= 0.3 is 0 Å². The first-order chi connectivity index (χ1) is 13.9. The Morgan fingerprint density at radius 3 is 2.34 bits per heavy atom. The lowest BCUT2D eigenvalue weighted by atomic mass is 10.1. The highest BCUT2D eigenvalue weighted by molar-refractivity contribution is 6.32. The minimum Gasteiger partial charge on any atom is -0.490 e. The van der Waals surface area contributed by atoms with Gasteiger partial charge in [-0.25, -0.2) is 0 Å². The Kier molecular flexibility index (Phi) is 7.40. The van der Waals surface area contributed by atoms with Crippen molar-refractivity contribution >= 4 is 17.5 Å². The van der Waals surface area contributed by atoms with E-state index in [9.17, 15) is 4.79 Å². The van der Waals surface area contributed by atoms with Crippen LogP contribution >= 0.6 is 11.6 Å². The van der Waals surface area contributed by atoms with Gasteiger partial charge in [-0.1, -0.05) is 23.7 Å². The van der Waals surface area contributed by atoms with Gasteiger partial charge in [0, 0.05) is 24.7 Å². The van der Waals surface area contributed by atoms with Crippen LogP contribution in [0.1, 0.15) is 29.5 Å². The summed E-state index contributed by atoms with van der Waals surface area (Å²) in [5, 5.41) is 3.61. The molecule has 0 unspecified atom stereocenters. The van der Waals surface area contributed by atoms with Crippen molar-refractivity contribution in [3.05, 3.63) is 58.1 Å². The number of amides is 1. The fourth-order valence-corrected chi connectivity index (χ4v) is 3.48. The number of hydrogen-bond acceptors (Lipinski definition) is 4. The van der Waals surface area contributed by atoms with Crippen molar-refractivity contribution in [2.75, 3.05) is 26.7 Å². The number of nitrogens with one attached hydrogen (secondary N) is 1. The summed E-state index contributed by atoms with van der Waals surface area (Å²) in [7, 11) is 2.14. The zero-order chi connectivity index (χ0) is 20.8. The number of aryl methyl sites for hydroxylation is 2. The van der Waals surface area contributed by atoms with Gasteiger partial charge in [-0.15, -0.1) is 0 Å². The number of likely N-dealkylation sites (tertiary alicyclic amines) is 1. The molecular weight excluding hydrogens is 388 g/mol. The van der Waals surface area contributed by atoms with E-state index in [0.29, 0.717) is 12.3 Å². The smallest absolute Gasteiger partial charge is 0.258 e. The molecule has 0 radical (unpaired) electrons. The highest BCUT2D eigenvalue weighted by Crippen LogP contribution is 2.25. The monoisotopic (exact) mass is 416 g/mol. The first-order valence-electron chi connectivity index (χ1n) is 10.0. The lowest BCUT2D eigenvalue weighted by Crippen LogP contribution is -2.35. The molecule has 0 saturated carbocycles. The molecule has 2 aromatic rings. The summed E-state index contributed by atoms with van der Waals surface area (Å²) < 4.78 is 11.6. The van der Waals surface area contributed by atoms with Gasteiger partial charge in [-0.05, 0) is 74.7 Å². The maximum absolute atomic E-state index is 12.1. The summed E-state index contributed by atoms with van der Waals surface area (Å²) in [4.78, 5) is 14.4. The van der Waals surface area contributed by atoms with Crippen LogP contribution in [-0.4, -0.2) is 43.7 Å². The van der Waals surface area contributed by atoms with Crippen LogP contribution in [0.15, 0.2) is 36.4 Å². The molecule has 3 rings (SSSR count). The third-order valence-electron chi connectivity index (χ3n) is 5.16. The molecule has 0 bridgehead atoms. The molecule has 156 valence electrons. The Labute approximate surface area is 177 Å². The topological polar surface area (TPSA) is 50.8 Å². The molecule has 1 N–H and O–H groups in total. The van der Waals surface area contributed by atoms with Crippen LogP contribution in [0.5, 0.6) is 11.5 Å². The summed E-state index contributed by atoms with van der Waals surface area (Å²) in [5.41, 5.74) is 2.89. The van der Waals surface area contributed by atoms with Gasteiger partial charge in [0.1, 0.15) is 17.6 Å². The zero-order valence-corrected chi connectivity index (χ0v) is 18.1. The van der Waals surface area contributed by atoms with Crippen LogP contribution in [0.4, 0.5) is 0 Å². The molecular formula is C23H29ClN2O3. The van der Waals surface area contributed by atoms with Crippen molar-refractivity contribution < 1.29 is 14.3 Å². The van der Waals surface area contributed by atoms with E-state index in [0.717, 1.165) is 53.4 Å². The second kappa shape index (κ2) is 9.99. The molecule has 6 heteroatoms. The number of carbonyl (C=O) groups excluding carboxylic acids is 1. The molecule has 1 aliphatic heterocycles. The largest absolute Gasteiger partial charge is 0.490 e. The summed E-state index contributed by atoms with van der Waals surface area (Å²) in [5.74, 6) is 1.36. The Morgan fingerprint density at radius 1 is 1.10 bits per heavy atom. The van der Waals surface area contributed by atoms with Crippen LogP contribution < -0.4 is 14.8 Å². The number of halogens is 1. The van der Waals surface area contributed by atoms with E-state index in [1.54, 1.807) is 0 Å². The molecule has 0 spiro atoms. The minimum absolute atomic E-state index is 0.0299. The minimum atomic E-state index is -0.165. The van der Waals surface area contributed by atoms with Crippen LogP contribution in [0.2, 0.25) is 5.02 Å². The van der Waals surface area contributed by atoms with Crippen molar-refractivity contribution in [3.8, 4) is 11.5 Å². The third-order valence-corrected chi connectivity index (χ3v) is 5.76. The van der Waals surface area contributed by atoms with Gasteiger partial charge in [0.2, 0.25) is 0 Å². The Morgan fingerprint density at radius 2 is 1.72 bits per heavy atom. The van der Waals surface area contributed by atoms with Gasteiger partial charge in [0.15, 0.2) is 6.61 Å². The van der Waals surface area contributed by atoms with E-state index in [2.05, 4.69) is 17.3 Å². The molecule has 1 amide bonds. The van der Waals surface area contributed by atoms with Gasteiger partial charge in [0.25, 0.3) is 5.91 Å². The van der Waals surface area contributed by atoms with E-state index in [4.69, 9.17) is 21.1 Å². The number of hydrogen-bond donors (Lipinski definition) is 1. The second-order valence-electron chi connectivity index (χ2n) is 7.70. The third kappa shape index (κ3) is 6.38. The van der Waals surface area contributed by atoms with Crippen molar-refractivity contribution in [1.29, 1.82) is 0 Å². The quantitative estimate of drug-likeness (QED) is 0.737. The molecule has 1 fully saturated rings. The number of benzene rings is 2. The number of carbonyl (C=O) groups is 1. The lowest BCUT2D eigenvalue weighted by Gasteiger charge is -2.29.